The molecule has 1 aliphatic heterocycles. The first-order valence-electron chi connectivity index (χ1n) is 8.74. The first kappa shape index (κ1) is 16.1. The highest BCUT2D eigenvalue weighted by atomic mass is 19.1. The Morgan fingerprint density at radius 2 is 1.76 bits per heavy atom. The Morgan fingerprint density at radius 3 is 2.52 bits per heavy atom. The van der Waals surface area contributed by atoms with E-state index in [9.17, 15) is 9.18 Å². The van der Waals surface area contributed by atoms with Gasteiger partial charge in [0.2, 0.25) is 0 Å². The molecule has 0 unspecified atom stereocenters. The summed E-state index contributed by atoms with van der Waals surface area (Å²) in [6.07, 6.45) is 2.10. The molecule has 2 heterocycles. The standard InChI is InChI=1S/C20H21FN2O2/c21-17-7-5-15(6-8-17)13-22-11-9-16(10-12-22)14-23-18-3-1-2-4-19(18)25-20(23)24/h1-8,16H,9-14H2. The van der Waals surface area contributed by atoms with E-state index in [-0.39, 0.29) is 11.6 Å². The summed E-state index contributed by atoms with van der Waals surface area (Å²) >= 11 is 0. The number of hydrogen-bond donors (Lipinski definition) is 0. The van der Waals surface area contributed by atoms with Crippen LogP contribution in [0.3, 0.4) is 0 Å². The molecule has 1 fully saturated rings. The van der Waals surface area contributed by atoms with E-state index in [0.717, 1.165) is 43.6 Å². The van der Waals surface area contributed by atoms with Crippen LogP contribution in [0.2, 0.25) is 0 Å². The van der Waals surface area contributed by atoms with Gasteiger partial charge in [0.1, 0.15) is 5.82 Å². The number of nitrogens with zero attached hydrogens (tertiary/aromatic N) is 2. The topological polar surface area (TPSA) is 38.4 Å². The molecule has 130 valence electrons. The van der Waals surface area contributed by atoms with Crippen molar-refractivity contribution in [1.82, 2.24) is 9.47 Å². The normalized spacial score (nSPS) is 16.5. The van der Waals surface area contributed by atoms with Crippen LogP contribution in [-0.4, -0.2) is 22.6 Å². The third kappa shape index (κ3) is 3.51. The Hall–Kier alpha value is -2.40. The van der Waals surface area contributed by atoms with Gasteiger partial charge in [0, 0.05) is 13.1 Å². The molecule has 3 aromatic rings. The van der Waals surface area contributed by atoms with E-state index < -0.39 is 0 Å². The minimum atomic E-state index is -0.269. The second-order valence-corrected chi connectivity index (χ2v) is 6.79. The Balaban J connectivity index is 1.38. The molecule has 0 saturated carbocycles. The molecule has 0 aliphatic carbocycles. The fourth-order valence-corrected chi connectivity index (χ4v) is 3.62. The number of hydrogen-bond acceptors (Lipinski definition) is 3. The Labute approximate surface area is 145 Å². The van der Waals surface area contributed by atoms with Crippen molar-refractivity contribution in [2.24, 2.45) is 5.92 Å². The fraction of sp³-hybridized carbons (Fsp3) is 0.350. The van der Waals surface area contributed by atoms with Gasteiger partial charge in [-0.2, -0.15) is 0 Å². The lowest BCUT2D eigenvalue weighted by Gasteiger charge is -2.32. The van der Waals surface area contributed by atoms with Crippen LogP contribution in [0.15, 0.2) is 57.7 Å². The molecule has 0 atom stereocenters. The molecule has 4 rings (SSSR count). The van der Waals surface area contributed by atoms with Crippen molar-refractivity contribution in [1.29, 1.82) is 0 Å². The Morgan fingerprint density at radius 1 is 1.04 bits per heavy atom. The second kappa shape index (κ2) is 6.84. The van der Waals surface area contributed by atoms with Gasteiger partial charge in [-0.1, -0.05) is 24.3 Å². The maximum Gasteiger partial charge on any atom is 0.419 e. The zero-order chi connectivity index (χ0) is 17.2. The number of benzene rings is 2. The van der Waals surface area contributed by atoms with Gasteiger partial charge in [-0.05, 0) is 61.7 Å². The van der Waals surface area contributed by atoms with Crippen molar-refractivity contribution in [3.05, 3.63) is 70.5 Å². The molecule has 2 aromatic carbocycles. The Kier molecular flexibility index (Phi) is 4.40. The molecule has 1 aromatic heterocycles. The predicted molar refractivity (Wildman–Crippen MR) is 94.9 cm³/mol. The van der Waals surface area contributed by atoms with Gasteiger partial charge in [-0.15, -0.1) is 0 Å². The average molecular weight is 340 g/mol. The molecular formula is C20H21FN2O2. The van der Waals surface area contributed by atoms with E-state index in [1.807, 2.05) is 36.4 Å². The SMILES string of the molecule is O=c1oc2ccccc2n1CC1CCN(Cc2ccc(F)cc2)CC1. The molecule has 0 bridgehead atoms. The summed E-state index contributed by atoms with van der Waals surface area (Å²) in [7, 11) is 0. The lowest BCUT2D eigenvalue weighted by atomic mass is 9.96. The quantitative estimate of drug-likeness (QED) is 0.728. The van der Waals surface area contributed by atoms with Gasteiger partial charge in [-0.25, -0.2) is 9.18 Å². The summed E-state index contributed by atoms with van der Waals surface area (Å²) in [6.45, 7) is 3.54. The van der Waals surface area contributed by atoms with Crippen LogP contribution in [-0.2, 0) is 13.1 Å². The van der Waals surface area contributed by atoms with Crippen LogP contribution in [0.4, 0.5) is 4.39 Å². The molecule has 1 saturated heterocycles. The summed E-state index contributed by atoms with van der Waals surface area (Å²) in [5.41, 5.74) is 2.67. The van der Waals surface area contributed by atoms with Gasteiger partial charge in [0.25, 0.3) is 0 Å². The molecule has 25 heavy (non-hydrogen) atoms. The summed E-state index contributed by atoms with van der Waals surface area (Å²) in [5, 5.41) is 0. The van der Waals surface area contributed by atoms with Crippen LogP contribution in [0.5, 0.6) is 0 Å². The van der Waals surface area contributed by atoms with Crippen molar-refractivity contribution in [2.45, 2.75) is 25.9 Å². The Bertz CT molecular complexity index is 905. The molecule has 0 amide bonds. The zero-order valence-electron chi connectivity index (χ0n) is 14.0. The molecule has 1 aliphatic rings. The van der Waals surface area contributed by atoms with Crippen molar-refractivity contribution < 1.29 is 8.81 Å². The lowest BCUT2D eigenvalue weighted by Crippen LogP contribution is -2.35. The third-order valence-corrected chi connectivity index (χ3v) is 5.04. The number of piperidine rings is 1. The number of likely N-dealkylation sites (tertiary alicyclic amines) is 1. The van der Waals surface area contributed by atoms with Crippen LogP contribution < -0.4 is 5.76 Å². The van der Waals surface area contributed by atoms with E-state index in [0.29, 0.717) is 18.0 Å². The highest BCUT2D eigenvalue weighted by Gasteiger charge is 2.21. The predicted octanol–water partition coefficient (Wildman–Crippen LogP) is 3.65. The number of oxazole rings is 1. The first-order valence-corrected chi connectivity index (χ1v) is 8.74. The molecule has 0 N–H and O–H groups in total. The third-order valence-electron chi connectivity index (χ3n) is 5.04. The number of aromatic nitrogens is 1. The van der Waals surface area contributed by atoms with Crippen molar-refractivity contribution in [3.63, 3.8) is 0 Å². The fourth-order valence-electron chi connectivity index (χ4n) is 3.62. The maximum atomic E-state index is 13.0. The zero-order valence-corrected chi connectivity index (χ0v) is 14.0. The largest absolute Gasteiger partial charge is 0.419 e. The molecule has 4 nitrogen and oxygen atoms in total. The van der Waals surface area contributed by atoms with Crippen LogP contribution >= 0.6 is 0 Å². The summed E-state index contributed by atoms with van der Waals surface area (Å²) in [6, 6.07) is 14.3. The van der Waals surface area contributed by atoms with Crippen molar-refractivity contribution in [2.75, 3.05) is 13.1 Å². The van der Waals surface area contributed by atoms with Gasteiger partial charge < -0.3 is 4.42 Å². The van der Waals surface area contributed by atoms with Crippen LogP contribution in [0.1, 0.15) is 18.4 Å². The van der Waals surface area contributed by atoms with E-state index in [2.05, 4.69) is 4.90 Å². The smallest absolute Gasteiger partial charge is 0.408 e. The van der Waals surface area contributed by atoms with E-state index >= 15 is 0 Å². The number of halogens is 1. The molecule has 0 radical (unpaired) electrons. The monoisotopic (exact) mass is 340 g/mol. The first-order chi connectivity index (χ1) is 12.2. The lowest BCUT2D eigenvalue weighted by molar-refractivity contribution is 0.166. The van der Waals surface area contributed by atoms with E-state index in [4.69, 9.17) is 4.42 Å². The number of rotatable bonds is 4. The number of para-hydroxylation sites is 2. The van der Waals surface area contributed by atoms with E-state index in [1.54, 1.807) is 4.57 Å². The van der Waals surface area contributed by atoms with Gasteiger partial charge in [0.05, 0.1) is 5.52 Å². The summed E-state index contributed by atoms with van der Waals surface area (Å²) in [4.78, 5) is 14.5. The molecular weight excluding hydrogens is 319 g/mol. The molecule has 0 spiro atoms. The average Bonchev–Trinajstić information content (AvgIpc) is 2.94. The molecule has 5 heteroatoms. The summed E-state index contributed by atoms with van der Waals surface area (Å²) in [5.74, 6) is 0.0124. The van der Waals surface area contributed by atoms with Crippen molar-refractivity contribution in [3.8, 4) is 0 Å². The maximum absolute atomic E-state index is 13.0. The van der Waals surface area contributed by atoms with Crippen molar-refractivity contribution >= 4 is 11.1 Å². The highest BCUT2D eigenvalue weighted by Crippen LogP contribution is 2.22. The summed E-state index contributed by atoms with van der Waals surface area (Å²) < 4.78 is 20.1. The highest BCUT2D eigenvalue weighted by molar-refractivity contribution is 5.72. The minimum Gasteiger partial charge on any atom is -0.408 e. The van der Waals surface area contributed by atoms with Gasteiger partial charge in [-0.3, -0.25) is 9.47 Å². The number of fused-ring (bicyclic) bond motifs is 1. The van der Waals surface area contributed by atoms with Gasteiger partial charge >= 0.3 is 5.76 Å². The minimum absolute atomic E-state index is 0.194. The van der Waals surface area contributed by atoms with Gasteiger partial charge in [0.15, 0.2) is 5.58 Å². The van der Waals surface area contributed by atoms with E-state index in [1.165, 1.54) is 12.1 Å². The van der Waals surface area contributed by atoms with Crippen LogP contribution in [0.25, 0.3) is 11.1 Å². The van der Waals surface area contributed by atoms with Crippen LogP contribution in [0, 0.1) is 11.7 Å². The second-order valence-electron chi connectivity index (χ2n) is 6.79.